The fourth-order valence-corrected chi connectivity index (χ4v) is 2.83. The molecule has 3 aromatic rings. The van der Waals surface area contributed by atoms with E-state index in [-0.39, 0.29) is 0 Å². The van der Waals surface area contributed by atoms with E-state index in [4.69, 9.17) is 11.6 Å². The molecule has 0 atom stereocenters. The number of halogens is 1. The molecule has 88 valence electrons. The Bertz CT molecular complexity index is 717. The first-order chi connectivity index (χ1) is 8.78. The lowest BCUT2D eigenvalue weighted by Gasteiger charge is -2.05. The lowest BCUT2D eigenvalue weighted by molar-refractivity contribution is 1.42. The summed E-state index contributed by atoms with van der Waals surface area (Å²) in [5, 5.41) is 3.75. The van der Waals surface area contributed by atoms with Crippen molar-refractivity contribution in [1.82, 2.24) is 4.98 Å². The van der Waals surface area contributed by atoms with Gasteiger partial charge in [0.25, 0.3) is 0 Å². The lowest BCUT2D eigenvalue weighted by Crippen LogP contribution is -1.85. The number of aromatic nitrogens is 1. The predicted molar refractivity (Wildman–Crippen MR) is 80.2 cm³/mol. The van der Waals surface area contributed by atoms with Crippen molar-refractivity contribution in [3.8, 4) is 10.6 Å². The van der Waals surface area contributed by atoms with Gasteiger partial charge in [0, 0.05) is 5.39 Å². The third kappa shape index (κ3) is 1.94. The highest BCUT2D eigenvalue weighted by Crippen LogP contribution is 2.30. The van der Waals surface area contributed by atoms with Gasteiger partial charge >= 0.3 is 0 Å². The van der Waals surface area contributed by atoms with Crippen molar-refractivity contribution in [2.45, 2.75) is 0 Å². The van der Waals surface area contributed by atoms with Crippen LogP contribution in [0.1, 0.15) is 5.56 Å². The molecule has 2 aromatic heterocycles. The minimum Gasteiger partial charge on any atom is -0.247 e. The second kappa shape index (κ2) is 4.56. The Balaban J connectivity index is 2.28. The minimum absolute atomic E-state index is 0.735. The maximum Gasteiger partial charge on any atom is 0.0824 e. The summed E-state index contributed by atoms with van der Waals surface area (Å²) >= 11 is 7.98. The van der Waals surface area contributed by atoms with Gasteiger partial charge in [-0.05, 0) is 29.1 Å². The van der Waals surface area contributed by atoms with Crippen LogP contribution in [0.5, 0.6) is 0 Å². The highest BCUT2D eigenvalue weighted by atomic mass is 35.5. The molecule has 1 aromatic carbocycles. The number of thiophene rings is 1. The van der Waals surface area contributed by atoms with Crippen LogP contribution in [0.15, 0.2) is 48.4 Å². The summed E-state index contributed by atoms with van der Waals surface area (Å²) in [7, 11) is 0. The second-order valence-electron chi connectivity index (χ2n) is 3.95. The Morgan fingerprint density at radius 3 is 2.83 bits per heavy atom. The summed E-state index contributed by atoms with van der Waals surface area (Å²) in [4.78, 5) is 5.79. The molecule has 3 rings (SSSR count). The summed E-state index contributed by atoms with van der Waals surface area (Å²) in [6.45, 7) is 3.77. The van der Waals surface area contributed by atoms with Crippen LogP contribution in [0.3, 0.4) is 0 Å². The highest BCUT2D eigenvalue weighted by Gasteiger charge is 2.07. The average Bonchev–Trinajstić information content (AvgIpc) is 2.91. The Hall–Kier alpha value is -1.64. The van der Waals surface area contributed by atoms with Crippen LogP contribution in [-0.2, 0) is 0 Å². The molecule has 0 aliphatic carbocycles. The minimum atomic E-state index is 0.735. The van der Waals surface area contributed by atoms with Crippen molar-refractivity contribution in [2.75, 3.05) is 0 Å². The monoisotopic (exact) mass is 271 g/mol. The number of rotatable bonds is 2. The molecule has 18 heavy (non-hydrogen) atoms. The first kappa shape index (κ1) is 11.5. The molecular weight excluding hydrogens is 262 g/mol. The van der Waals surface area contributed by atoms with Crippen LogP contribution in [0.25, 0.3) is 27.6 Å². The van der Waals surface area contributed by atoms with Gasteiger partial charge in [0.15, 0.2) is 0 Å². The average molecular weight is 272 g/mol. The van der Waals surface area contributed by atoms with Crippen LogP contribution >= 0.6 is 22.9 Å². The Morgan fingerprint density at radius 1 is 1.22 bits per heavy atom. The van der Waals surface area contributed by atoms with Crippen molar-refractivity contribution in [3.05, 3.63) is 58.9 Å². The fraction of sp³-hybridized carbons (Fsp3) is 0. The van der Waals surface area contributed by atoms with Gasteiger partial charge in [-0.2, -0.15) is 0 Å². The number of hydrogen-bond acceptors (Lipinski definition) is 2. The summed E-state index contributed by atoms with van der Waals surface area (Å²) in [5.74, 6) is 0. The normalized spacial score (nSPS) is 10.7. The molecule has 0 bridgehead atoms. The van der Waals surface area contributed by atoms with Crippen LogP contribution < -0.4 is 0 Å². The van der Waals surface area contributed by atoms with Crippen molar-refractivity contribution >= 4 is 39.9 Å². The van der Waals surface area contributed by atoms with Gasteiger partial charge < -0.3 is 0 Å². The molecule has 0 saturated heterocycles. The van der Waals surface area contributed by atoms with E-state index in [1.165, 1.54) is 0 Å². The van der Waals surface area contributed by atoms with Gasteiger partial charge in [-0.25, -0.2) is 4.98 Å². The number of nitrogens with zero attached hydrogens (tertiary/aromatic N) is 1. The molecule has 0 aliphatic rings. The summed E-state index contributed by atoms with van der Waals surface area (Å²) < 4.78 is 0. The molecule has 0 fully saturated rings. The molecule has 0 amide bonds. The number of pyridine rings is 1. The van der Waals surface area contributed by atoms with Gasteiger partial charge in [-0.15, -0.1) is 11.3 Å². The summed E-state index contributed by atoms with van der Waals surface area (Å²) in [6, 6.07) is 12.0. The molecule has 0 saturated carbocycles. The molecule has 1 nitrogen and oxygen atoms in total. The van der Waals surface area contributed by atoms with E-state index >= 15 is 0 Å². The maximum atomic E-state index is 6.31. The maximum absolute atomic E-state index is 6.31. The molecule has 0 unspecified atom stereocenters. The smallest absolute Gasteiger partial charge is 0.0824 e. The van der Waals surface area contributed by atoms with Gasteiger partial charge in [-0.1, -0.05) is 42.5 Å². The number of benzene rings is 1. The van der Waals surface area contributed by atoms with E-state index in [9.17, 15) is 0 Å². The standard InChI is InChI=1S/C15H10ClNS/c1-2-10-5-6-11-12(16)9-14(17-13(11)8-10)15-4-3-7-18-15/h2-9H,1H2. The Kier molecular flexibility index (Phi) is 2.90. The zero-order valence-electron chi connectivity index (χ0n) is 9.56. The van der Waals surface area contributed by atoms with Crippen LogP contribution in [0, 0.1) is 0 Å². The van der Waals surface area contributed by atoms with E-state index in [0.717, 1.165) is 32.1 Å². The van der Waals surface area contributed by atoms with Crippen LogP contribution in [0.4, 0.5) is 0 Å². The third-order valence-corrected chi connectivity index (χ3v) is 4.00. The van der Waals surface area contributed by atoms with E-state index in [2.05, 4.69) is 11.6 Å². The number of hydrogen-bond donors (Lipinski definition) is 0. The van der Waals surface area contributed by atoms with E-state index in [1.807, 2.05) is 47.9 Å². The molecule has 0 N–H and O–H groups in total. The Morgan fingerprint density at radius 2 is 2.11 bits per heavy atom. The SMILES string of the molecule is C=Cc1ccc2c(Cl)cc(-c3cccs3)nc2c1. The van der Waals surface area contributed by atoms with Gasteiger partial charge in [-0.3, -0.25) is 0 Å². The van der Waals surface area contributed by atoms with Crippen molar-refractivity contribution < 1.29 is 0 Å². The quantitative estimate of drug-likeness (QED) is 0.619. The van der Waals surface area contributed by atoms with Crippen molar-refractivity contribution in [1.29, 1.82) is 0 Å². The first-order valence-electron chi connectivity index (χ1n) is 5.54. The zero-order valence-corrected chi connectivity index (χ0v) is 11.1. The topological polar surface area (TPSA) is 12.9 Å². The van der Waals surface area contributed by atoms with E-state index in [0.29, 0.717) is 0 Å². The summed E-state index contributed by atoms with van der Waals surface area (Å²) in [5.41, 5.74) is 2.88. The lowest BCUT2D eigenvalue weighted by atomic mass is 10.1. The van der Waals surface area contributed by atoms with Gasteiger partial charge in [0.2, 0.25) is 0 Å². The zero-order chi connectivity index (χ0) is 12.5. The fourth-order valence-electron chi connectivity index (χ4n) is 1.88. The van der Waals surface area contributed by atoms with Crippen molar-refractivity contribution in [2.24, 2.45) is 0 Å². The van der Waals surface area contributed by atoms with Gasteiger partial charge in [0.1, 0.15) is 0 Å². The second-order valence-corrected chi connectivity index (χ2v) is 5.30. The largest absolute Gasteiger partial charge is 0.247 e. The molecule has 0 spiro atoms. The van der Waals surface area contributed by atoms with Gasteiger partial charge in [0.05, 0.1) is 21.1 Å². The molecule has 0 radical (unpaired) electrons. The molecular formula is C15H10ClNS. The number of fused-ring (bicyclic) bond motifs is 1. The van der Waals surface area contributed by atoms with E-state index < -0.39 is 0 Å². The third-order valence-electron chi connectivity index (χ3n) is 2.79. The molecule has 0 aliphatic heterocycles. The summed E-state index contributed by atoms with van der Waals surface area (Å²) in [6.07, 6.45) is 1.81. The Labute approximate surface area is 114 Å². The first-order valence-corrected chi connectivity index (χ1v) is 6.80. The van der Waals surface area contributed by atoms with Crippen LogP contribution in [-0.4, -0.2) is 4.98 Å². The molecule has 3 heteroatoms. The highest BCUT2D eigenvalue weighted by molar-refractivity contribution is 7.13. The van der Waals surface area contributed by atoms with Crippen LogP contribution in [0.2, 0.25) is 5.02 Å². The predicted octanol–water partition coefficient (Wildman–Crippen LogP) is 5.26. The van der Waals surface area contributed by atoms with E-state index in [1.54, 1.807) is 11.3 Å². The molecule has 2 heterocycles. The van der Waals surface area contributed by atoms with Crippen molar-refractivity contribution in [3.63, 3.8) is 0 Å².